The van der Waals surface area contributed by atoms with Gasteiger partial charge in [-0.1, -0.05) is 127 Å². The predicted octanol–water partition coefficient (Wildman–Crippen LogP) is 21.0. The van der Waals surface area contributed by atoms with E-state index in [0.29, 0.717) is 27.8 Å². The number of H-pyrrole nitrogens is 4. The molecule has 0 fully saturated rings. The van der Waals surface area contributed by atoms with Crippen LogP contribution in [0.25, 0.3) is 66.2 Å². The zero-order chi connectivity index (χ0) is 58.5. The Kier molecular flexibility index (Phi) is 29.3. The Hall–Kier alpha value is -8.49. The van der Waals surface area contributed by atoms with E-state index in [0.717, 1.165) is 85.2 Å². The van der Waals surface area contributed by atoms with Gasteiger partial charge in [0, 0.05) is 69.2 Å². The molecule has 0 amide bonds. The fraction of sp³-hybridized carbons (Fsp3) is 0.214. The number of halogens is 3. The second kappa shape index (κ2) is 34.9. The average molecular weight is 1410 g/mol. The van der Waals surface area contributed by atoms with Crippen LogP contribution in [0.5, 0.6) is 0 Å². The molecule has 0 bridgehead atoms. The standard InChI is InChI=1S/C16H25BrN2Si.C14H9BrN2O.C13H11N3.C7H5BrN2.C7H6N2O.C7H6N2.6CH4/c1-11(2)20(12(3)4,13(5)6)19-10-9-14-7-8-15(17)18-16(14)19;15-12-7-6-10-8-9-17(13(10)16-12)14(18)11-4-2-1-3-5-11;1-2-4-11(5-3-1)15-12-7-6-10-8-9-14-13(10)16-12;8-6-2-1-5-3-4-9-7(5)10-6;10-9-5-1-2-6-3-4-8-7(6)9;1-2-6-3-5-9-7(6)8-4-1;;;;;;/h7-13H,1-6H3;1-9H;1-9H,(H2,14,15,16);1-4H,(H,9,10);1-5,10H;1-5H,(H,8,9);6*1H4/p+1. The fourth-order valence-electron chi connectivity index (χ4n) is 10.5. The first-order valence-corrected chi connectivity index (χ1v) is 31.5. The fourth-order valence-corrected chi connectivity index (χ4v) is 17.9. The number of aromatic nitrogens is 12. The molecule has 0 saturated carbocycles. The van der Waals surface area contributed by atoms with E-state index in [9.17, 15) is 4.79 Å². The molecule has 14 aromatic rings. The minimum Gasteiger partial charge on any atom is -0.359 e. The summed E-state index contributed by atoms with van der Waals surface area (Å²) in [6, 6.07) is 54.8. The number of hydrogen-bond acceptors (Lipinski definition) is 8. The number of hydrogen-bond donors (Lipinski definition) is 6. The Balaban J connectivity index is 0.000000281. The lowest BCUT2D eigenvalue weighted by Crippen LogP contribution is -2.51. The van der Waals surface area contributed by atoms with E-state index >= 15 is 0 Å². The maximum Gasteiger partial charge on any atom is 0.325 e. The first-order valence-electron chi connectivity index (χ1n) is 27.0. The molecule has 12 heterocycles. The molecule has 0 saturated heterocycles. The number of benzene rings is 2. The summed E-state index contributed by atoms with van der Waals surface area (Å²) in [5.41, 5.74) is 9.05. The highest BCUT2D eigenvalue weighted by Gasteiger charge is 2.46. The van der Waals surface area contributed by atoms with Crippen LogP contribution in [-0.2, 0) is 0 Å². The van der Waals surface area contributed by atoms with Crippen molar-refractivity contribution in [2.45, 2.75) is 103 Å². The molecule has 468 valence electrons. The van der Waals surface area contributed by atoms with Crippen molar-refractivity contribution in [3.8, 4) is 0 Å². The van der Waals surface area contributed by atoms with Gasteiger partial charge in [0.05, 0.1) is 11.6 Å². The molecule has 0 aliphatic rings. The van der Waals surface area contributed by atoms with Crippen molar-refractivity contribution in [2.24, 2.45) is 0 Å². The lowest BCUT2D eigenvalue weighted by atomic mass is 10.2. The van der Waals surface area contributed by atoms with Crippen LogP contribution in [0.2, 0.25) is 16.6 Å². The smallest absolute Gasteiger partial charge is 0.325 e. The van der Waals surface area contributed by atoms with Crippen molar-refractivity contribution in [1.82, 2.24) is 53.7 Å². The molecule has 89 heavy (non-hydrogen) atoms. The van der Waals surface area contributed by atoms with Crippen LogP contribution < -0.4 is 10.0 Å². The normalized spacial score (nSPS) is 10.4. The third-order valence-electron chi connectivity index (χ3n) is 14.1. The number of para-hydroxylation sites is 1. The van der Waals surface area contributed by atoms with Crippen LogP contribution >= 0.6 is 47.8 Å². The van der Waals surface area contributed by atoms with Gasteiger partial charge in [0.25, 0.3) is 5.91 Å². The van der Waals surface area contributed by atoms with Gasteiger partial charge in [-0.15, -0.1) is 0 Å². The molecule has 0 unspecified atom stereocenters. The molecule has 14 rings (SSSR count). The van der Waals surface area contributed by atoms with Crippen LogP contribution in [0.1, 0.15) is 96.5 Å². The number of carbonyl (C=O) groups is 1. The van der Waals surface area contributed by atoms with Crippen molar-refractivity contribution >= 4 is 140 Å². The van der Waals surface area contributed by atoms with Crippen molar-refractivity contribution in [2.75, 3.05) is 5.32 Å². The third-order valence-corrected chi connectivity index (χ3v) is 22.1. The van der Waals surface area contributed by atoms with Crippen molar-refractivity contribution in [1.29, 1.82) is 0 Å². The minimum atomic E-state index is -1.71. The van der Waals surface area contributed by atoms with Gasteiger partial charge >= 0.3 is 5.65 Å². The molecule has 12 aromatic heterocycles. The van der Waals surface area contributed by atoms with E-state index in [4.69, 9.17) is 10.2 Å². The first kappa shape index (κ1) is 74.8. The topological polar surface area (TPSA) is 191 Å². The molecule has 6 N–H and O–H groups in total. The van der Waals surface area contributed by atoms with Crippen molar-refractivity contribution in [3.63, 3.8) is 0 Å². The number of aromatic amines is 4. The number of anilines is 2. The summed E-state index contributed by atoms with van der Waals surface area (Å²) in [6.45, 7) is 14.3. The number of nitrogens with zero attached hydrogens (tertiary/aromatic N) is 8. The van der Waals surface area contributed by atoms with E-state index in [2.05, 4.69) is 157 Å². The van der Waals surface area contributed by atoms with Crippen LogP contribution in [0, 0.1) is 0 Å². The van der Waals surface area contributed by atoms with E-state index in [1.165, 1.54) is 5.39 Å². The maximum atomic E-state index is 12.3. The Morgan fingerprint density at radius 2 is 0.955 bits per heavy atom. The molecule has 0 radical (unpaired) electrons. The number of rotatable bonds is 7. The Morgan fingerprint density at radius 3 is 1.54 bits per heavy atom. The number of fused-ring (bicyclic) bond motifs is 6. The van der Waals surface area contributed by atoms with Crippen LogP contribution in [0.4, 0.5) is 11.5 Å². The van der Waals surface area contributed by atoms with Crippen molar-refractivity contribution < 1.29 is 14.7 Å². The summed E-state index contributed by atoms with van der Waals surface area (Å²) in [5, 5.41) is 19.0. The van der Waals surface area contributed by atoms with E-state index in [1.807, 2.05) is 158 Å². The molecule has 19 heteroatoms. The Bertz CT molecular complexity index is 4310. The van der Waals surface area contributed by atoms with E-state index in [-0.39, 0.29) is 50.5 Å². The minimum absolute atomic E-state index is 0. The third kappa shape index (κ3) is 18.1. The highest BCUT2D eigenvalue weighted by molar-refractivity contribution is 9.11. The summed E-state index contributed by atoms with van der Waals surface area (Å²) in [5.74, 6) is 0.775. The van der Waals surface area contributed by atoms with Gasteiger partial charge in [-0.25, -0.2) is 29.9 Å². The monoisotopic (exact) mass is 1410 g/mol. The van der Waals surface area contributed by atoms with Crippen LogP contribution in [-0.4, -0.2) is 73.0 Å². The van der Waals surface area contributed by atoms with Gasteiger partial charge < -0.3 is 29.7 Å². The SMILES string of the molecule is Brc1ccc2cc[nH]c2n1.C.C.C.C.C.C.CC(C)[Si](C(C)C)(C(C)C)n1ccc2ccc(Br)nc21.O=C(c1ccccc1)n1ccc2ccc(Br)nc21.O[n+]1cccc2cc[nH]c21.c1ccc(Nc2ccc3cc[nH]c3n2)cc1.c1cnc2[nH]ccc2c1. The molecule has 2 aromatic carbocycles. The van der Waals surface area contributed by atoms with Gasteiger partial charge in [-0.3, -0.25) is 9.36 Å². The summed E-state index contributed by atoms with van der Waals surface area (Å²) < 4.78 is 7.68. The van der Waals surface area contributed by atoms with Gasteiger partial charge in [0.15, 0.2) is 8.24 Å². The summed E-state index contributed by atoms with van der Waals surface area (Å²) >= 11 is 10.1. The number of pyridine rings is 6. The molecule has 0 aliphatic carbocycles. The molecule has 0 atom stereocenters. The molecular weight excluding hydrogens is 1320 g/mol. The lowest BCUT2D eigenvalue weighted by molar-refractivity contribution is -0.885. The molecular formula is C70H87Br3N13O2Si+. The van der Waals surface area contributed by atoms with Gasteiger partial charge in [0.1, 0.15) is 54.1 Å². The molecule has 0 spiro atoms. The highest BCUT2D eigenvalue weighted by atomic mass is 79.9. The molecule has 0 aliphatic heterocycles. The zero-order valence-corrected chi connectivity index (χ0v) is 52.3. The maximum absolute atomic E-state index is 12.3. The lowest BCUT2D eigenvalue weighted by Gasteiger charge is -2.44. The van der Waals surface area contributed by atoms with Crippen LogP contribution in [0.3, 0.4) is 0 Å². The quantitative estimate of drug-likeness (QED) is 0.0393. The van der Waals surface area contributed by atoms with E-state index < -0.39 is 8.24 Å². The van der Waals surface area contributed by atoms with E-state index in [1.54, 1.807) is 47.6 Å². The number of carbonyl (C=O) groups excluding carboxylic acids is 1. The highest BCUT2D eigenvalue weighted by Crippen LogP contribution is 2.44. The first-order chi connectivity index (χ1) is 40.2. The summed E-state index contributed by atoms with van der Waals surface area (Å²) in [4.78, 5) is 46.2. The van der Waals surface area contributed by atoms with Gasteiger partial charge in [-0.2, -0.15) is 0 Å². The predicted molar refractivity (Wildman–Crippen MR) is 389 cm³/mol. The second-order valence-electron chi connectivity index (χ2n) is 20.2. The average Bonchev–Trinajstić information content (AvgIpc) is 1.74. The second-order valence-corrected chi connectivity index (χ2v) is 28.4. The summed E-state index contributed by atoms with van der Waals surface area (Å²) in [7, 11) is -1.71. The van der Waals surface area contributed by atoms with Crippen molar-refractivity contribution in [3.05, 3.63) is 239 Å². The summed E-state index contributed by atoms with van der Waals surface area (Å²) in [6.07, 6.45) is 14.8. The van der Waals surface area contributed by atoms with Crippen LogP contribution in [0.15, 0.2) is 233 Å². The Morgan fingerprint density at radius 1 is 0.483 bits per heavy atom. The largest absolute Gasteiger partial charge is 0.359 e. The van der Waals surface area contributed by atoms with Gasteiger partial charge in [0.2, 0.25) is 0 Å². The van der Waals surface area contributed by atoms with Gasteiger partial charge in [-0.05, 0) is 204 Å². The zero-order valence-electron chi connectivity index (χ0n) is 46.6. The Labute approximate surface area is 551 Å². The number of nitrogens with one attached hydrogen (secondary N) is 5. The molecule has 15 nitrogen and oxygen atoms in total.